The van der Waals surface area contributed by atoms with Crippen molar-refractivity contribution in [2.45, 2.75) is 69.2 Å². The maximum absolute atomic E-state index is 6.28. The molecular weight excluding hydrogens is 510 g/mol. The zero-order valence-electron chi connectivity index (χ0n) is 23.0. The van der Waals surface area contributed by atoms with Crippen molar-refractivity contribution in [2.75, 3.05) is 11.5 Å². The van der Waals surface area contributed by atoms with Crippen LogP contribution in [0.2, 0.25) is 0 Å². The van der Waals surface area contributed by atoms with Crippen molar-refractivity contribution < 1.29 is 17.1 Å². The molecule has 3 aromatic rings. The minimum Gasteiger partial charge on any atom is -0.398 e. The van der Waals surface area contributed by atoms with E-state index in [1.165, 1.54) is 0 Å². The molecule has 5 nitrogen and oxygen atoms in total. The quantitative estimate of drug-likeness (QED) is 0.202. The summed E-state index contributed by atoms with van der Waals surface area (Å²) >= 11 is 0. The number of aromatic nitrogens is 1. The molecule has 2 aromatic carbocycles. The van der Waals surface area contributed by atoms with Crippen molar-refractivity contribution >= 4 is 46.6 Å². The van der Waals surface area contributed by atoms with Crippen LogP contribution in [-0.4, -0.2) is 16.4 Å². The first kappa shape index (κ1) is 31.4. The normalized spacial score (nSPS) is 11.7. The average molecular weight is 548 g/mol. The van der Waals surface area contributed by atoms with E-state index in [0.717, 1.165) is 90.1 Å². The summed E-state index contributed by atoms with van der Waals surface area (Å²) in [5.74, 6) is 0. The summed E-state index contributed by atoms with van der Waals surface area (Å²) in [6.45, 7) is 20.5. The Balaban J connectivity index is 0.00000324. The monoisotopic (exact) mass is 547 g/mol. The summed E-state index contributed by atoms with van der Waals surface area (Å²) in [6, 6.07) is 5.99. The van der Waals surface area contributed by atoms with Crippen molar-refractivity contribution in [1.29, 1.82) is 0 Å². The van der Waals surface area contributed by atoms with E-state index in [1.807, 2.05) is 32.0 Å². The summed E-state index contributed by atoms with van der Waals surface area (Å²) in [6.07, 6.45) is 0. The number of rotatable bonds is 4. The van der Waals surface area contributed by atoms with Gasteiger partial charge in [0.25, 0.3) is 0 Å². The first-order chi connectivity index (χ1) is 15.9. The fourth-order valence-electron chi connectivity index (χ4n) is 4.27. The second-order valence-electron chi connectivity index (χ2n) is 9.33. The number of benzene rings is 2. The third kappa shape index (κ3) is 5.67. The third-order valence-corrected chi connectivity index (χ3v) is 7.34. The van der Waals surface area contributed by atoms with Gasteiger partial charge in [0.2, 0.25) is 0 Å². The smallest absolute Gasteiger partial charge is 0.0849 e. The molecule has 3 rings (SSSR count). The summed E-state index contributed by atoms with van der Waals surface area (Å²) in [4.78, 5) is 14.9. The molecule has 0 unspecified atom stereocenters. The number of anilines is 2. The van der Waals surface area contributed by atoms with Crippen LogP contribution in [0.4, 0.5) is 22.7 Å². The number of hydrogen-bond donors (Lipinski definition) is 2. The third-order valence-electron chi connectivity index (χ3n) is 7.34. The number of pyridine rings is 1. The Labute approximate surface area is 232 Å². The van der Waals surface area contributed by atoms with Crippen LogP contribution < -0.4 is 11.5 Å². The van der Waals surface area contributed by atoms with E-state index in [1.54, 1.807) is 0 Å². The van der Waals surface area contributed by atoms with Crippen molar-refractivity contribution in [3.8, 4) is 0 Å². The van der Waals surface area contributed by atoms with Gasteiger partial charge in [-0.25, -0.2) is 4.98 Å². The molecule has 0 amide bonds. The number of hydrogen-bond acceptors (Lipinski definition) is 5. The van der Waals surface area contributed by atoms with Gasteiger partial charge in [-0.05, 0) is 126 Å². The molecule has 0 aliphatic rings. The Morgan fingerprint density at radius 1 is 0.583 bits per heavy atom. The Kier molecular flexibility index (Phi) is 10.5. The number of nitrogens with two attached hydrogens (primary N) is 2. The van der Waals surface area contributed by atoms with Crippen LogP contribution in [0.25, 0.3) is 0 Å². The van der Waals surface area contributed by atoms with E-state index in [9.17, 15) is 0 Å². The van der Waals surface area contributed by atoms with Gasteiger partial charge < -0.3 is 11.5 Å². The SMILES string of the molecule is CC(=Nc1c(C)c(C)c(N)c(C)c1C)c1cccc(C(C)=Nc2c(C)c(C)c(N)c(C)c2C)n1.Cl.[Fe]. The molecule has 1 heterocycles. The van der Waals surface area contributed by atoms with Crippen LogP contribution in [0.15, 0.2) is 28.2 Å². The number of aliphatic imine (C=N–C) groups is 2. The van der Waals surface area contributed by atoms with Gasteiger partial charge in [-0.15, -0.1) is 12.4 Å². The summed E-state index contributed by atoms with van der Waals surface area (Å²) in [7, 11) is 0. The van der Waals surface area contributed by atoms with Gasteiger partial charge in [-0.1, -0.05) is 6.07 Å². The topological polar surface area (TPSA) is 89.6 Å². The van der Waals surface area contributed by atoms with Crippen LogP contribution in [0.3, 0.4) is 0 Å². The van der Waals surface area contributed by atoms with Gasteiger partial charge >= 0.3 is 0 Å². The van der Waals surface area contributed by atoms with Crippen LogP contribution in [0.1, 0.15) is 69.7 Å². The van der Waals surface area contributed by atoms with Crippen molar-refractivity contribution in [3.05, 3.63) is 74.1 Å². The molecule has 1 aromatic heterocycles. The molecule has 0 radical (unpaired) electrons. The molecule has 0 spiro atoms. The van der Waals surface area contributed by atoms with Crippen molar-refractivity contribution in [3.63, 3.8) is 0 Å². The average Bonchev–Trinajstić information content (AvgIpc) is 2.84. The Bertz CT molecular complexity index is 1210. The molecule has 194 valence electrons. The van der Waals surface area contributed by atoms with E-state index in [2.05, 4.69) is 55.4 Å². The second-order valence-corrected chi connectivity index (χ2v) is 9.33. The van der Waals surface area contributed by atoms with Gasteiger partial charge in [0.15, 0.2) is 0 Å². The first-order valence-electron chi connectivity index (χ1n) is 11.7. The fourth-order valence-corrected chi connectivity index (χ4v) is 4.27. The summed E-state index contributed by atoms with van der Waals surface area (Å²) < 4.78 is 0. The van der Waals surface area contributed by atoms with E-state index in [4.69, 9.17) is 26.4 Å². The molecule has 0 fully saturated rings. The number of nitrogen functional groups attached to an aromatic ring is 2. The zero-order chi connectivity index (χ0) is 25.5. The maximum atomic E-state index is 6.28. The fraction of sp³-hybridized carbons (Fsp3) is 0.345. The molecule has 0 aliphatic heterocycles. The molecule has 0 saturated carbocycles. The Hall–Kier alpha value is -2.66. The van der Waals surface area contributed by atoms with Crippen LogP contribution in [-0.2, 0) is 17.1 Å². The van der Waals surface area contributed by atoms with Crippen LogP contribution >= 0.6 is 12.4 Å². The largest absolute Gasteiger partial charge is 0.398 e. The predicted octanol–water partition coefficient (Wildman–Crippen LogP) is 7.41. The molecule has 0 atom stereocenters. The van der Waals surface area contributed by atoms with Gasteiger partial charge in [0, 0.05) is 28.4 Å². The molecule has 36 heavy (non-hydrogen) atoms. The predicted molar refractivity (Wildman–Crippen MR) is 155 cm³/mol. The Morgan fingerprint density at radius 3 is 1.14 bits per heavy atom. The standard InChI is InChI=1S/C29H37N5.ClH.Fe/c1-14-18(5)28(19(6)15(2)26(14)30)32-22(9)24-12-11-13-25(34-24)23(10)33-29-20(7)16(3)27(31)17(4)21(29)8;;/h11-13H,30-31H2,1-10H3;1H;. The molecule has 0 aliphatic carbocycles. The minimum atomic E-state index is 0. The summed E-state index contributed by atoms with van der Waals surface area (Å²) in [5.41, 5.74) is 28.3. The number of halogens is 1. The second kappa shape index (κ2) is 12.1. The molecular formula is C29H38ClFeN5. The van der Waals surface area contributed by atoms with Crippen molar-refractivity contribution in [1.82, 2.24) is 4.98 Å². The van der Waals surface area contributed by atoms with E-state index >= 15 is 0 Å². The van der Waals surface area contributed by atoms with Gasteiger partial charge in [0.1, 0.15) is 0 Å². The maximum Gasteiger partial charge on any atom is 0.0849 e. The minimum absolute atomic E-state index is 0. The summed E-state index contributed by atoms with van der Waals surface area (Å²) in [5, 5.41) is 0. The number of nitrogens with zero attached hydrogens (tertiary/aromatic N) is 3. The molecule has 0 bridgehead atoms. The zero-order valence-corrected chi connectivity index (χ0v) is 24.9. The van der Waals surface area contributed by atoms with Gasteiger partial charge in [-0.2, -0.15) is 0 Å². The van der Waals surface area contributed by atoms with E-state index < -0.39 is 0 Å². The molecule has 0 saturated heterocycles. The molecule has 4 N–H and O–H groups in total. The van der Waals surface area contributed by atoms with Gasteiger partial charge in [0.05, 0.1) is 34.2 Å². The van der Waals surface area contributed by atoms with E-state index in [0.29, 0.717) is 0 Å². The first-order valence-corrected chi connectivity index (χ1v) is 11.7. The van der Waals surface area contributed by atoms with E-state index in [-0.39, 0.29) is 29.5 Å². The molecule has 7 heteroatoms. The van der Waals surface area contributed by atoms with Gasteiger partial charge in [-0.3, -0.25) is 9.98 Å². The van der Waals surface area contributed by atoms with Crippen LogP contribution in [0, 0.1) is 55.4 Å². The Morgan fingerprint density at radius 2 is 0.861 bits per heavy atom. The van der Waals surface area contributed by atoms with Crippen molar-refractivity contribution in [2.24, 2.45) is 9.98 Å². The van der Waals surface area contributed by atoms with Crippen LogP contribution in [0.5, 0.6) is 0 Å².